The number of piperazine rings is 1. The van der Waals surface area contributed by atoms with Crippen LogP contribution in [0.3, 0.4) is 0 Å². The zero-order valence-corrected chi connectivity index (χ0v) is 16.9. The molecule has 1 aromatic heterocycles. The van der Waals surface area contributed by atoms with Gasteiger partial charge in [-0.15, -0.1) is 0 Å². The van der Waals surface area contributed by atoms with E-state index in [9.17, 15) is 4.79 Å². The summed E-state index contributed by atoms with van der Waals surface area (Å²) in [7, 11) is 0. The van der Waals surface area contributed by atoms with Gasteiger partial charge in [0.05, 0.1) is 5.56 Å². The highest BCUT2D eigenvalue weighted by atomic mass is 79.9. The molecule has 0 unspecified atom stereocenters. The van der Waals surface area contributed by atoms with Crippen LogP contribution in [0.2, 0.25) is 5.02 Å². The van der Waals surface area contributed by atoms with Crippen molar-refractivity contribution in [2.75, 3.05) is 31.1 Å². The van der Waals surface area contributed by atoms with Crippen LogP contribution in [-0.2, 0) is 0 Å². The first-order chi connectivity index (χ1) is 13.1. The van der Waals surface area contributed by atoms with E-state index in [0.29, 0.717) is 23.7 Å². The van der Waals surface area contributed by atoms with E-state index in [-0.39, 0.29) is 5.91 Å². The molecular formula is C20H18BrClN4O. The van der Waals surface area contributed by atoms with Crippen molar-refractivity contribution in [1.82, 2.24) is 14.5 Å². The average Bonchev–Trinajstić information content (AvgIpc) is 3.18. The fourth-order valence-electron chi connectivity index (χ4n) is 3.27. The number of imidazole rings is 1. The summed E-state index contributed by atoms with van der Waals surface area (Å²) >= 11 is 9.60. The molecule has 0 N–H and O–H groups in total. The highest BCUT2D eigenvalue weighted by Crippen LogP contribution is 2.23. The van der Waals surface area contributed by atoms with Crippen molar-refractivity contribution in [2.24, 2.45) is 0 Å². The topological polar surface area (TPSA) is 41.4 Å². The molecule has 3 aromatic rings. The van der Waals surface area contributed by atoms with Gasteiger partial charge in [0.1, 0.15) is 0 Å². The third kappa shape index (κ3) is 3.73. The number of amides is 1. The summed E-state index contributed by atoms with van der Waals surface area (Å²) in [6, 6.07) is 15.2. The number of carbonyl (C=O) groups excluding carboxylic acids is 1. The lowest BCUT2D eigenvalue weighted by Gasteiger charge is -2.35. The lowest BCUT2D eigenvalue weighted by molar-refractivity contribution is 0.0745. The van der Waals surface area contributed by atoms with E-state index in [4.69, 9.17) is 11.6 Å². The first kappa shape index (κ1) is 18.1. The van der Waals surface area contributed by atoms with E-state index in [1.165, 1.54) is 0 Å². The number of aromatic nitrogens is 2. The number of carbonyl (C=O) groups is 1. The van der Waals surface area contributed by atoms with Gasteiger partial charge in [-0.05, 0) is 46.3 Å². The van der Waals surface area contributed by atoms with Crippen LogP contribution in [0.4, 0.5) is 5.95 Å². The second kappa shape index (κ2) is 7.74. The minimum Gasteiger partial charge on any atom is -0.338 e. The van der Waals surface area contributed by atoms with Gasteiger partial charge in [-0.3, -0.25) is 9.36 Å². The Balaban J connectivity index is 1.49. The van der Waals surface area contributed by atoms with E-state index in [1.54, 1.807) is 6.20 Å². The Morgan fingerprint density at radius 3 is 2.56 bits per heavy atom. The maximum Gasteiger partial charge on any atom is 0.255 e. The number of hydrogen-bond donors (Lipinski definition) is 0. The van der Waals surface area contributed by atoms with E-state index in [1.807, 2.05) is 64.2 Å². The molecule has 4 rings (SSSR count). The van der Waals surface area contributed by atoms with Gasteiger partial charge in [0, 0.05) is 53.8 Å². The summed E-state index contributed by atoms with van der Waals surface area (Å²) < 4.78 is 2.85. The summed E-state index contributed by atoms with van der Waals surface area (Å²) in [5.74, 6) is 0.922. The SMILES string of the molecule is O=C(c1ccccc1Br)N1CCN(c2nccn2-c2cccc(Cl)c2)CC1. The largest absolute Gasteiger partial charge is 0.338 e. The molecule has 0 atom stereocenters. The van der Waals surface area contributed by atoms with Crippen LogP contribution in [-0.4, -0.2) is 46.5 Å². The maximum atomic E-state index is 12.8. The van der Waals surface area contributed by atoms with Gasteiger partial charge >= 0.3 is 0 Å². The van der Waals surface area contributed by atoms with Crippen molar-refractivity contribution < 1.29 is 4.79 Å². The molecule has 2 heterocycles. The quantitative estimate of drug-likeness (QED) is 0.605. The second-order valence-electron chi connectivity index (χ2n) is 6.34. The number of nitrogens with zero attached hydrogens (tertiary/aromatic N) is 4. The van der Waals surface area contributed by atoms with Crippen molar-refractivity contribution in [3.05, 3.63) is 76.0 Å². The van der Waals surface area contributed by atoms with Crippen LogP contribution in [0.25, 0.3) is 5.69 Å². The first-order valence-corrected chi connectivity index (χ1v) is 9.88. The second-order valence-corrected chi connectivity index (χ2v) is 7.63. The molecule has 1 amide bonds. The Morgan fingerprint density at radius 1 is 1.04 bits per heavy atom. The predicted octanol–water partition coefficient (Wildman–Crippen LogP) is 4.25. The van der Waals surface area contributed by atoms with Crippen molar-refractivity contribution in [1.29, 1.82) is 0 Å². The molecular weight excluding hydrogens is 428 g/mol. The minimum atomic E-state index is 0.0558. The number of halogens is 2. The van der Waals surface area contributed by atoms with E-state index in [0.717, 1.165) is 29.2 Å². The average molecular weight is 446 g/mol. The minimum absolute atomic E-state index is 0.0558. The molecule has 1 aliphatic rings. The molecule has 0 bridgehead atoms. The molecule has 2 aromatic carbocycles. The third-order valence-electron chi connectivity index (χ3n) is 4.66. The molecule has 7 heteroatoms. The highest BCUT2D eigenvalue weighted by Gasteiger charge is 2.25. The number of rotatable bonds is 3. The van der Waals surface area contributed by atoms with Gasteiger partial charge in [-0.2, -0.15) is 0 Å². The standard InChI is InChI=1S/C20H18BrClN4O/c21-18-7-2-1-6-17(18)19(27)24-10-12-25(13-11-24)20-23-8-9-26(20)16-5-3-4-15(22)14-16/h1-9,14H,10-13H2. The Labute approximate surface area is 171 Å². The van der Waals surface area contributed by atoms with E-state index in [2.05, 4.69) is 25.8 Å². The first-order valence-electron chi connectivity index (χ1n) is 8.71. The Kier molecular flexibility index (Phi) is 5.18. The highest BCUT2D eigenvalue weighted by molar-refractivity contribution is 9.10. The number of benzene rings is 2. The van der Waals surface area contributed by atoms with Crippen LogP contribution in [0.1, 0.15) is 10.4 Å². The van der Waals surface area contributed by atoms with Crippen molar-refractivity contribution in [3.8, 4) is 5.69 Å². The summed E-state index contributed by atoms with van der Waals surface area (Å²) in [6.45, 7) is 2.77. The normalized spacial score (nSPS) is 14.4. The molecule has 1 fully saturated rings. The fourth-order valence-corrected chi connectivity index (χ4v) is 3.91. The Hall–Kier alpha value is -2.31. The smallest absolute Gasteiger partial charge is 0.255 e. The van der Waals surface area contributed by atoms with Crippen molar-refractivity contribution in [2.45, 2.75) is 0 Å². The zero-order chi connectivity index (χ0) is 18.8. The third-order valence-corrected chi connectivity index (χ3v) is 5.59. The van der Waals surface area contributed by atoms with Gasteiger partial charge < -0.3 is 9.80 Å². The monoisotopic (exact) mass is 444 g/mol. The van der Waals surface area contributed by atoms with Gasteiger partial charge in [-0.25, -0.2) is 4.98 Å². The molecule has 1 aliphatic heterocycles. The molecule has 138 valence electrons. The molecule has 1 saturated heterocycles. The summed E-state index contributed by atoms with van der Waals surface area (Å²) in [5, 5.41) is 0.691. The lowest BCUT2D eigenvalue weighted by atomic mass is 10.2. The Bertz CT molecular complexity index is 966. The van der Waals surface area contributed by atoms with Crippen LogP contribution in [0, 0.1) is 0 Å². The lowest BCUT2D eigenvalue weighted by Crippen LogP contribution is -2.49. The van der Waals surface area contributed by atoms with Crippen LogP contribution in [0.5, 0.6) is 0 Å². The van der Waals surface area contributed by atoms with Crippen LogP contribution < -0.4 is 4.90 Å². The predicted molar refractivity (Wildman–Crippen MR) is 111 cm³/mol. The molecule has 5 nitrogen and oxygen atoms in total. The molecule has 0 saturated carbocycles. The molecule has 0 radical (unpaired) electrons. The van der Waals surface area contributed by atoms with Gasteiger partial charge in [0.15, 0.2) is 0 Å². The van der Waals surface area contributed by atoms with Gasteiger partial charge in [0.2, 0.25) is 5.95 Å². The summed E-state index contributed by atoms with van der Waals surface area (Å²) in [5.41, 5.74) is 1.67. The van der Waals surface area contributed by atoms with Crippen molar-refractivity contribution in [3.63, 3.8) is 0 Å². The van der Waals surface area contributed by atoms with E-state index < -0.39 is 0 Å². The molecule has 0 aliphatic carbocycles. The van der Waals surface area contributed by atoms with Crippen molar-refractivity contribution >= 4 is 39.4 Å². The summed E-state index contributed by atoms with van der Waals surface area (Å²) in [6.07, 6.45) is 3.72. The number of anilines is 1. The Morgan fingerprint density at radius 2 is 1.81 bits per heavy atom. The number of hydrogen-bond acceptors (Lipinski definition) is 3. The van der Waals surface area contributed by atoms with Gasteiger partial charge in [0.25, 0.3) is 5.91 Å². The van der Waals surface area contributed by atoms with Crippen LogP contribution in [0.15, 0.2) is 65.4 Å². The zero-order valence-electron chi connectivity index (χ0n) is 14.6. The van der Waals surface area contributed by atoms with E-state index >= 15 is 0 Å². The molecule has 0 spiro atoms. The fraction of sp³-hybridized carbons (Fsp3) is 0.200. The maximum absolute atomic E-state index is 12.8. The van der Waals surface area contributed by atoms with Gasteiger partial charge in [-0.1, -0.05) is 29.8 Å². The van der Waals surface area contributed by atoms with Crippen LogP contribution >= 0.6 is 27.5 Å². The summed E-state index contributed by atoms with van der Waals surface area (Å²) in [4.78, 5) is 21.4. The molecule has 27 heavy (non-hydrogen) atoms.